The summed E-state index contributed by atoms with van der Waals surface area (Å²) >= 11 is 0. The Morgan fingerprint density at radius 3 is 1.70 bits per heavy atom. The summed E-state index contributed by atoms with van der Waals surface area (Å²) in [5, 5.41) is 13.6. The van der Waals surface area contributed by atoms with Crippen molar-refractivity contribution in [3.8, 4) is 22.3 Å². The summed E-state index contributed by atoms with van der Waals surface area (Å²) in [4.78, 5) is 0. The van der Waals surface area contributed by atoms with Gasteiger partial charge in [0.2, 0.25) is 0 Å². The average Bonchev–Trinajstić information content (AvgIpc) is 3.65. The minimum Gasteiger partial charge on any atom is -0.456 e. The van der Waals surface area contributed by atoms with Gasteiger partial charge in [-0.05, 0) is 74.7 Å². The second kappa shape index (κ2) is 10.3. The van der Waals surface area contributed by atoms with Crippen molar-refractivity contribution in [3.63, 3.8) is 0 Å². The number of fused-ring (bicyclic) bond motifs is 6. The zero-order valence-corrected chi connectivity index (χ0v) is 24.1. The monoisotopic (exact) mass is 569 g/mol. The topological polar surface area (TPSA) is 49.2 Å². The third-order valence-electron chi connectivity index (χ3n) is 9.22. The molecule has 6 aromatic carbocycles. The third kappa shape index (κ3) is 4.35. The number of furan rings is 1. The predicted octanol–water partition coefficient (Wildman–Crippen LogP) is 9.00. The fourth-order valence-corrected chi connectivity index (χ4v) is 6.99. The smallest absolute Gasteiger partial charge is 0.136 e. The highest BCUT2D eigenvalue weighted by Gasteiger charge is 2.30. The number of rotatable bonds is 4. The molecule has 1 fully saturated rings. The lowest BCUT2D eigenvalue weighted by Crippen LogP contribution is -2.54. The van der Waals surface area contributed by atoms with Gasteiger partial charge in [0.15, 0.2) is 0 Å². The van der Waals surface area contributed by atoms with E-state index in [9.17, 15) is 0 Å². The molecule has 0 bridgehead atoms. The molecule has 1 aliphatic heterocycles. The second-order valence-corrected chi connectivity index (χ2v) is 11.9. The maximum absolute atomic E-state index is 6.54. The molecule has 0 saturated carbocycles. The van der Waals surface area contributed by atoms with Crippen LogP contribution < -0.4 is 16.0 Å². The lowest BCUT2D eigenvalue weighted by Gasteiger charge is -2.39. The highest BCUT2D eigenvalue weighted by atomic mass is 16.3. The van der Waals surface area contributed by atoms with E-state index in [1.54, 1.807) is 0 Å². The molecule has 9 rings (SSSR count). The molecule has 2 aliphatic rings. The molecule has 2 heterocycles. The van der Waals surface area contributed by atoms with Crippen LogP contribution in [-0.4, -0.2) is 0 Å². The molecule has 7 aromatic rings. The van der Waals surface area contributed by atoms with Crippen molar-refractivity contribution < 1.29 is 4.42 Å². The maximum atomic E-state index is 6.54. The van der Waals surface area contributed by atoms with Crippen LogP contribution in [0.2, 0.25) is 0 Å². The molecule has 212 valence electrons. The number of nitrogens with one attached hydrogen (secondary N) is 3. The number of hydrogen-bond donors (Lipinski definition) is 3. The first kappa shape index (κ1) is 25.5. The van der Waals surface area contributed by atoms with Gasteiger partial charge in [0.1, 0.15) is 11.2 Å². The number of hydrogen-bond acceptors (Lipinski definition) is 4. The van der Waals surface area contributed by atoms with Crippen molar-refractivity contribution in [2.75, 3.05) is 0 Å². The zero-order chi connectivity index (χ0) is 29.0. The van der Waals surface area contributed by atoms with E-state index < -0.39 is 0 Å². The van der Waals surface area contributed by atoms with Crippen LogP contribution in [0.5, 0.6) is 0 Å². The van der Waals surface area contributed by atoms with Gasteiger partial charge in [-0.1, -0.05) is 121 Å². The van der Waals surface area contributed by atoms with Crippen molar-refractivity contribution in [2.24, 2.45) is 0 Å². The fraction of sp³-hybridized carbons (Fsp3) is 0.100. The molecule has 0 spiro atoms. The van der Waals surface area contributed by atoms with Crippen LogP contribution in [0.15, 0.2) is 144 Å². The van der Waals surface area contributed by atoms with E-state index in [0.29, 0.717) is 0 Å². The molecule has 4 nitrogen and oxygen atoms in total. The second-order valence-electron chi connectivity index (χ2n) is 11.9. The molecule has 1 aliphatic carbocycles. The van der Waals surface area contributed by atoms with Gasteiger partial charge in [0.25, 0.3) is 0 Å². The summed E-state index contributed by atoms with van der Waals surface area (Å²) in [6.45, 7) is 0. The Morgan fingerprint density at radius 1 is 0.432 bits per heavy atom. The van der Waals surface area contributed by atoms with E-state index in [1.165, 1.54) is 44.5 Å². The molecule has 44 heavy (non-hydrogen) atoms. The standard InChI is InChI=1S/C40H31N3O/c1-3-9-25(10-4-1)38-41-39(26-11-5-2-6-12-26)43-40(42-38)30-17-20-35-34-19-16-28(23-36(34)44-37(35)24-30)27-15-18-33-31(21-27)22-29-13-7-8-14-32(29)33/h1-21,23-24,38-43H,22H2. The molecular formula is C40H31N3O. The molecule has 2 atom stereocenters. The first-order chi connectivity index (χ1) is 21.8. The third-order valence-corrected chi connectivity index (χ3v) is 9.22. The van der Waals surface area contributed by atoms with Gasteiger partial charge in [-0.15, -0.1) is 0 Å². The lowest BCUT2D eigenvalue weighted by atomic mass is 9.98. The van der Waals surface area contributed by atoms with Crippen molar-refractivity contribution >= 4 is 21.9 Å². The Balaban J connectivity index is 1.05. The Morgan fingerprint density at radius 2 is 0.977 bits per heavy atom. The minimum atomic E-state index is -0.0737. The summed E-state index contributed by atoms with van der Waals surface area (Å²) in [6.07, 6.45) is 0.892. The summed E-state index contributed by atoms with van der Waals surface area (Å²) < 4.78 is 6.54. The largest absolute Gasteiger partial charge is 0.456 e. The quantitative estimate of drug-likeness (QED) is 0.198. The van der Waals surface area contributed by atoms with Gasteiger partial charge in [-0.2, -0.15) is 0 Å². The van der Waals surface area contributed by atoms with Crippen LogP contribution in [0.1, 0.15) is 46.3 Å². The highest BCUT2D eigenvalue weighted by Crippen LogP contribution is 2.40. The first-order valence-electron chi connectivity index (χ1n) is 15.3. The minimum absolute atomic E-state index is 0.0123. The van der Waals surface area contributed by atoms with Crippen molar-refractivity contribution in [3.05, 3.63) is 167 Å². The van der Waals surface area contributed by atoms with E-state index in [2.05, 4.69) is 155 Å². The van der Waals surface area contributed by atoms with Crippen LogP contribution in [0.3, 0.4) is 0 Å². The van der Waals surface area contributed by atoms with Crippen LogP contribution in [0.4, 0.5) is 0 Å². The normalized spacial score (nSPS) is 19.2. The van der Waals surface area contributed by atoms with Crippen molar-refractivity contribution in [2.45, 2.75) is 24.9 Å². The van der Waals surface area contributed by atoms with Gasteiger partial charge < -0.3 is 4.42 Å². The van der Waals surface area contributed by atoms with Gasteiger partial charge in [0, 0.05) is 10.8 Å². The van der Waals surface area contributed by atoms with E-state index >= 15 is 0 Å². The predicted molar refractivity (Wildman–Crippen MR) is 178 cm³/mol. The Kier molecular flexibility index (Phi) is 5.98. The van der Waals surface area contributed by atoms with Gasteiger partial charge >= 0.3 is 0 Å². The van der Waals surface area contributed by atoms with Gasteiger partial charge in [-0.3, -0.25) is 16.0 Å². The molecule has 4 heteroatoms. The Labute approximate surface area is 256 Å². The Hall–Kier alpha value is -5.00. The zero-order valence-electron chi connectivity index (χ0n) is 24.1. The van der Waals surface area contributed by atoms with E-state index in [0.717, 1.165) is 33.9 Å². The molecular weight excluding hydrogens is 538 g/mol. The first-order valence-corrected chi connectivity index (χ1v) is 15.3. The fourth-order valence-electron chi connectivity index (χ4n) is 6.99. The highest BCUT2D eigenvalue weighted by molar-refractivity contribution is 6.06. The molecule has 1 aromatic heterocycles. The van der Waals surface area contributed by atoms with E-state index in [4.69, 9.17) is 4.42 Å². The Bertz CT molecular complexity index is 2100. The summed E-state index contributed by atoms with van der Waals surface area (Å²) in [5.74, 6) is 0. The van der Waals surface area contributed by atoms with E-state index in [1.807, 2.05) is 0 Å². The van der Waals surface area contributed by atoms with Gasteiger partial charge in [-0.25, -0.2) is 0 Å². The van der Waals surface area contributed by atoms with Crippen LogP contribution >= 0.6 is 0 Å². The van der Waals surface area contributed by atoms with Crippen LogP contribution in [-0.2, 0) is 6.42 Å². The summed E-state index contributed by atoms with van der Waals surface area (Å²) in [7, 11) is 0. The van der Waals surface area contributed by atoms with Crippen LogP contribution in [0.25, 0.3) is 44.2 Å². The van der Waals surface area contributed by atoms with Gasteiger partial charge in [0.05, 0.1) is 18.5 Å². The summed E-state index contributed by atoms with van der Waals surface area (Å²) in [6, 6.07) is 49.9. The molecule has 1 saturated heterocycles. The average molecular weight is 570 g/mol. The molecule has 3 N–H and O–H groups in total. The van der Waals surface area contributed by atoms with Crippen LogP contribution in [0, 0.1) is 0 Å². The maximum Gasteiger partial charge on any atom is 0.136 e. The molecule has 0 amide bonds. The van der Waals surface area contributed by atoms with E-state index in [-0.39, 0.29) is 18.5 Å². The van der Waals surface area contributed by atoms with Crippen molar-refractivity contribution in [1.82, 2.24) is 16.0 Å². The molecule has 2 unspecified atom stereocenters. The number of benzene rings is 6. The van der Waals surface area contributed by atoms with Crippen molar-refractivity contribution in [1.29, 1.82) is 0 Å². The summed E-state index contributed by atoms with van der Waals surface area (Å²) in [5.41, 5.74) is 13.3. The molecule has 0 radical (unpaired) electrons. The SMILES string of the molecule is c1ccc(C2NC(c3ccccc3)NC(c3ccc4c(c3)oc3cc(-c5ccc6c(c5)Cc5ccccc5-6)ccc34)N2)cc1. The lowest BCUT2D eigenvalue weighted by molar-refractivity contribution is 0.203.